The number of benzene rings is 1. The van der Waals surface area contributed by atoms with Gasteiger partial charge in [0.25, 0.3) is 0 Å². The molecule has 1 aliphatic heterocycles. The fourth-order valence-corrected chi connectivity index (χ4v) is 2.81. The first kappa shape index (κ1) is 18.7. The van der Waals surface area contributed by atoms with Gasteiger partial charge in [0.15, 0.2) is 0 Å². The lowest BCUT2D eigenvalue weighted by Gasteiger charge is -2.35. The summed E-state index contributed by atoms with van der Waals surface area (Å²) in [6.45, 7) is 2.29. The van der Waals surface area contributed by atoms with Crippen molar-refractivity contribution in [1.29, 1.82) is 0 Å². The van der Waals surface area contributed by atoms with Gasteiger partial charge in [0, 0.05) is 44.2 Å². The average molecular weight is 354 g/mol. The molecule has 9 heteroatoms. The number of alkyl halides is 5. The molecule has 0 saturated carbocycles. The first-order chi connectivity index (χ1) is 11.3. The molecule has 1 fully saturated rings. The molecule has 0 aromatic heterocycles. The molecule has 0 unspecified atom stereocenters. The Morgan fingerprint density at radius 3 is 2.42 bits per heavy atom. The quantitative estimate of drug-likeness (QED) is 0.796. The minimum atomic E-state index is -4.85. The number of nitrogens with zero attached hydrogens (tertiary/aromatic N) is 1. The van der Waals surface area contributed by atoms with Crippen LogP contribution in [0, 0.1) is 0 Å². The monoisotopic (exact) mass is 354 g/mol. The predicted octanol–water partition coefficient (Wildman–Crippen LogP) is 3.20. The molecular formula is C15H19F5N2O2. The highest BCUT2D eigenvalue weighted by Gasteiger charge is 2.33. The number of hydrogen-bond donors (Lipinski definition) is 1. The average Bonchev–Trinajstić information content (AvgIpc) is 2.52. The van der Waals surface area contributed by atoms with Crippen molar-refractivity contribution < 1.29 is 31.4 Å². The Labute approximate surface area is 136 Å². The number of rotatable bonds is 6. The molecular weight excluding hydrogens is 335 g/mol. The summed E-state index contributed by atoms with van der Waals surface area (Å²) in [5.74, 6) is -0.193. The third kappa shape index (κ3) is 5.20. The molecule has 24 heavy (non-hydrogen) atoms. The molecule has 0 amide bonds. The lowest BCUT2D eigenvalue weighted by Crippen LogP contribution is -2.45. The molecule has 0 radical (unpaired) electrons. The summed E-state index contributed by atoms with van der Waals surface area (Å²) in [5, 5.41) is 3.11. The van der Waals surface area contributed by atoms with E-state index >= 15 is 0 Å². The topological polar surface area (TPSA) is 33.7 Å². The van der Waals surface area contributed by atoms with Crippen LogP contribution in [-0.2, 0) is 0 Å². The first-order valence-electron chi connectivity index (χ1n) is 7.46. The van der Waals surface area contributed by atoms with Crippen LogP contribution in [0.4, 0.5) is 22.0 Å². The number of halogens is 5. The molecule has 0 aliphatic carbocycles. The van der Waals surface area contributed by atoms with E-state index in [1.165, 1.54) is 13.2 Å². The highest BCUT2D eigenvalue weighted by atomic mass is 19.4. The van der Waals surface area contributed by atoms with Crippen LogP contribution in [0.3, 0.4) is 0 Å². The van der Waals surface area contributed by atoms with Crippen molar-refractivity contribution in [2.24, 2.45) is 0 Å². The zero-order valence-electron chi connectivity index (χ0n) is 13.1. The van der Waals surface area contributed by atoms with Gasteiger partial charge in [0.1, 0.15) is 11.5 Å². The molecule has 0 spiro atoms. The summed E-state index contributed by atoms with van der Waals surface area (Å²) in [7, 11) is 1.35. The van der Waals surface area contributed by atoms with Gasteiger partial charge in [-0.15, -0.1) is 13.2 Å². The molecule has 1 atom stereocenters. The minimum absolute atomic E-state index is 0.258. The Hall–Kier alpha value is -1.61. The van der Waals surface area contributed by atoms with E-state index in [1.807, 2.05) is 4.90 Å². The second-order valence-electron chi connectivity index (χ2n) is 5.38. The summed E-state index contributed by atoms with van der Waals surface area (Å²) in [4.78, 5) is 1.82. The van der Waals surface area contributed by atoms with Crippen LogP contribution in [0.1, 0.15) is 18.0 Å². The van der Waals surface area contributed by atoms with E-state index in [2.05, 4.69) is 10.1 Å². The van der Waals surface area contributed by atoms with Gasteiger partial charge in [-0.1, -0.05) is 0 Å². The lowest BCUT2D eigenvalue weighted by molar-refractivity contribution is -0.274. The molecule has 2 rings (SSSR count). The van der Waals surface area contributed by atoms with Crippen LogP contribution in [0.25, 0.3) is 0 Å². The van der Waals surface area contributed by atoms with Gasteiger partial charge in [-0.2, -0.15) is 0 Å². The lowest BCUT2D eigenvalue weighted by atomic mass is 9.99. The van der Waals surface area contributed by atoms with E-state index in [0.717, 1.165) is 12.1 Å². The minimum Gasteiger partial charge on any atom is -0.496 e. The summed E-state index contributed by atoms with van der Waals surface area (Å²) in [6.07, 6.45) is -7.94. The summed E-state index contributed by atoms with van der Waals surface area (Å²) >= 11 is 0. The maximum atomic E-state index is 13.0. The second-order valence-corrected chi connectivity index (χ2v) is 5.38. The summed E-state index contributed by atoms with van der Waals surface area (Å²) in [6, 6.07) is 2.78. The molecule has 1 aliphatic rings. The van der Waals surface area contributed by atoms with Gasteiger partial charge in [-0.05, 0) is 18.2 Å². The molecule has 0 bridgehead atoms. The van der Waals surface area contributed by atoms with E-state index in [1.54, 1.807) is 0 Å². The van der Waals surface area contributed by atoms with Crippen LogP contribution in [0.5, 0.6) is 11.5 Å². The number of nitrogens with one attached hydrogen (secondary N) is 1. The van der Waals surface area contributed by atoms with Crippen molar-refractivity contribution >= 4 is 0 Å². The number of hydrogen-bond acceptors (Lipinski definition) is 4. The van der Waals surface area contributed by atoms with Gasteiger partial charge in [0.05, 0.1) is 7.11 Å². The normalized spacial score (nSPS) is 17.8. The first-order valence-corrected chi connectivity index (χ1v) is 7.46. The standard InChI is InChI=1S/C15H19F5N2O2/c1-23-13-3-2-10(24-15(18,19)20)8-11(13)12(9-14(16)17)22-6-4-21-5-7-22/h2-3,8,12,14,21H,4-7,9H2,1H3/t12-/m0/s1. The zero-order valence-corrected chi connectivity index (χ0v) is 13.1. The van der Waals surface area contributed by atoms with Gasteiger partial charge >= 0.3 is 6.36 Å². The van der Waals surface area contributed by atoms with Crippen molar-refractivity contribution in [3.8, 4) is 11.5 Å². The van der Waals surface area contributed by atoms with Crippen molar-refractivity contribution in [2.45, 2.75) is 25.3 Å². The molecule has 136 valence electrons. The van der Waals surface area contributed by atoms with Gasteiger partial charge in [0.2, 0.25) is 6.43 Å². The maximum Gasteiger partial charge on any atom is 0.573 e. The molecule has 1 aromatic rings. The Morgan fingerprint density at radius 2 is 1.88 bits per heavy atom. The highest BCUT2D eigenvalue weighted by molar-refractivity contribution is 5.42. The predicted molar refractivity (Wildman–Crippen MR) is 77.5 cm³/mol. The zero-order chi connectivity index (χ0) is 17.7. The number of methoxy groups -OCH3 is 1. The molecule has 1 saturated heterocycles. The van der Waals surface area contributed by atoms with Gasteiger partial charge < -0.3 is 14.8 Å². The third-order valence-electron chi connectivity index (χ3n) is 3.79. The van der Waals surface area contributed by atoms with Crippen LogP contribution in [0.2, 0.25) is 0 Å². The van der Waals surface area contributed by atoms with Crippen molar-refractivity contribution in [1.82, 2.24) is 10.2 Å². The van der Waals surface area contributed by atoms with E-state index in [-0.39, 0.29) is 11.3 Å². The third-order valence-corrected chi connectivity index (χ3v) is 3.79. The fraction of sp³-hybridized carbons (Fsp3) is 0.600. The number of ether oxygens (including phenoxy) is 2. The van der Waals surface area contributed by atoms with Crippen LogP contribution in [0.15, 0.2) is 18.2 Å². The summed E-state index contributed by atoms with van der Waals surface area (Å²) < 4.78 is 72.4. The van der Waals surface area contributed by atoms with Crippen molar-refractivity contribution in [3.63, 3.8) is 0 Å². The SMILES string of the molecule is COc1ccc(OC(F)(F)F)cc1[C@H](CC(F)F)N1CCNCC1. The maximum absolute atomic E-state index is 13.0. The highest BCUT2D eigenvalue weighted by Crippen LogP contribution is 2.37. The van der Waals surface area contributed by atoms with Gasteiger partial charge in [-0.3, -0.25) is 4.90 Å². The Morgan fingerprint density at radius 1 is 1.21 bits per heavy atom. The van der Waals surface area contributed by atoms with Crippen molar-refractivity contribution in [2.75, 3.05) is 33.3 Å². The molecule has 1 heterocycles. The molecule has 1 N–H and O–H groups in total. The fourth-order valence-electron chi connectivity index (χ4n) is 2.81. The van der Waals surface area contributed by atoms with Crippen LogP contribution >= 0.6 is 0 Å². The second kappa shape index (κ2) is 7.98. The Balaban J connectivity index is 2.36. The smallest absolute Gasteiger partial charge is 0.496 e. The van der Waals surface area contributed by atoms with Crippen molar-refractivity contribution in [3.05, 3.63) is 23.8 Å². The van der Waals surface area contributed by atoms with E-state index < -0.39 is 31.0 Å². The molecule has 1 aromatic carbocycles. The van der Waals surface area contributed by atoms with E-state index in [0.29, 0.717) is 26.2 Å². The van der Waals surface area contributed by atoms with E-state index in [9.17, 15) is 22.0 Å². The molecule has 4 nitrogen and oxygen atoms in total. The summed E-state index contributed by atoms with van der Waals surface area (Å²) in [5.41, 5.74) is 0.265. The largest absolute Gasteiger partial charge is 0.573 e. The Kier molecular flexibility index (Phi) is 6.22. The van der Waals surface area contributed by atoms with Crippen LogP contribution < -0.4 is 14.8 Å². The van der Waals surface area contributed by atoms with Crippen LogP contribution in [-0.4, -0.2) is 51.0 Å². The Bertz CT molecular complexity index is 533. The van der Waals surface area contributed by atoms with E-state index in [4.69, 9.17) is 4.74 Å². The number of piperazine rings is 1. The van der Waals surface area contributed by atoms with Gasteiger partial charge in [-0.25, -0.2) is 8.78 Å².